The van der Waals surface area contributed by atoms with Crippen LogP contribution in [-0.4, -0.2) is 26.0 Å². The fourth-order valence-corrected chi connectivity index (χ4v) is 1.65. The molecule has 0 saturated heterocycles. The van der Waals surface area contributed by atoms with Crippen LogP contribution in [0.5, 0.6) is 0 Å². The second-order valence-electron chi connectivity index (χ2n) is 3.86. The molecule has 1 heterocycles. The lowest BCUT2D eigenvalue weighted by Gasteiger charge is -2.01. The Bertz CT molecular complexity index is 472. The van der Waals surface area contributed by atoms with Gasteiger partial charge in [0.05, 0.1) is 0 Å². The van der Waals surface area contributed by atoms with E-state index in [2.05, 4.69) is 10.6 Å². The van der Waals surface area contributed by atoms with Crippen molar-refractivity contribution >= 4 is 16.9 Å². The number of rotatable bonds is 5. The molecule has 2 N–H and O–H groups in total. The van der Waals surface area contributed by atoms with E-state index in [1.54, 1.807) is 6.07 Å². The molecule has 17 heavy (non-hydrogen) atoms. The first-order valence-electron chi connectivity index (χ1n) is 5.72. The van der Waals surface area contributed by atoms with E-state index in [4.69, 9.17) is 4.42 Å². The van der Waals surface area contributed by atoms with Crippen LogP contribution in [0.3, 0.4) is 0 Å². The van der Waals surface area contributed by atoms with Crippen molar-refractivity contribution < 1.29 is 9.21 Å². The van der Waals surface area contributed by atoms with Gasteiger partial charge in [-0.25, -0.2) is 0 Å². The second kappa shape index (κ2) is 5.50. The molecule has 90 valence electrons. The number of carbonyl (C=O) groups is 1. The number of amides is 1. The normalized spacial score (nSPS) is 10.6. The highest BCUT2D eigenvalue weighted by atomic mass is 16.3. The summed E-state index contributed by atoms with van der Waals surface area (Å²) in [6.07, 6.45) is 0.905. The Balaban J connectivity index is 1.99. The third kappa shape index (κ3) is 2.85. The summed E-state index contributed by atoms with van der Waals surface area (Å²) in [5, 5.41) is 6.80. The first kappa shape index (κ1) is 11.7. The molecular weight excluding hydrogens is 216 g/mol. The van der Waals surface area contributed by atoms with Crippen LogP contribution in [0.2, 0.25) is 0 Å². The first-order chi connectivity index (χ1) is 8.31. The molecule has 0 unspecified atom stereocenters. The van der Waals surface area contributed by atoms with E-state index in [9.17, 15) is 4.79 Å². The number of nitrogens with one attached hydrogen (secondary N) is 2. The van der Waals surface area contributed by atoms with E-state index in [0.29, 0.717) is 12.3 Å². The Morgan fingerprint density at radius 1 is 1.29 bits per heavy atom. The molecule has 4 nitrogen and oxygen atoms in total. The van der Waals surface area contributed by atoms with Gasteiger partial charge in [-0.2, -0.15) is 0 Å². The fourth-order valence-electron chi connectivity index (χ4n) is 1.65. The molecular formula is C13H16N2O2. The van der Waals surface area contributed by atoms with Gasteiger partial charge in [0, 0.05) is 11.9 Å². The molecule has 0 fully saturated rings. The van der Waals surface area contributed by atoms with Crippen molar-refractivity contribution in [3.05, 3.63) is 36.1 Å². The standard InChI is InChI=1S/C13H16N2O2/c1-14-7-4-8-15-13(16)12-9-10-5-2-3-6-11(10)17-12/h2-3,5-6,9,14H,4,7-8H2,1H3,(H,15,16). The summed E-state index contributed by atoms with van der Waals surface area (Å²) in [7, 11) is 1.89. The van der Waals surface area contributed by atoms with E-state index >= 15 is 0 Å². The van der Waals surface area contributed by atoms with Crippen molar-refractivity contribution in [2.75, 3.05) is 20.1 Å². The van der Waals surface area contributed by atoms with Crippen molar-refractivity contribution in [2.24, 2.45) is 0 Å². The maximum atomic E-state index is 11.8. The molecule has 1 aromatic heterocycles. The summed E-state index contributed by atoms with van der Waals surface area (Å²) in [6, 6.07) is 9.36. The number of carbonyl (C=O) groups excluding carboxylic acids is 1. The molecule has 2 rings (SSSR count). The molecule has 0 radical (unpaired) electrons. The van der Waals surface area contributed by atoms with E-state index in [-0.39, 0.29) is 5.91 Å². The minimum atomic E-state index is -0.155. The molecule has 1 amide bonds. The Morgan fingerprint density at radius 2 is 2.12 bits per heavy atom. The molecule has 0 aliphatic heterocycles. The summed E-state index contributed by atoms with van der Waals surface area (Å²) < 4.78 is 5.46. The van der Waals surface area contributed by atoms with Crippen LogP contribution >= 0.6 is 0 Å². The maximum Gasteiger partial charge on any atom is 0.287 e. The Kier molecular flexibility index (Phi) is 3.77. The minimum Gasteiger partial charge on any atom is -0.451 e. The number of benzene rings is 1. The first-order valence-corrected chi connectivity index (χ1v) is 5.72. The van der Waals surface area contributed by atoms with Crippen molar-refractivity contribution in [3.63, 3.8) is 0 Å². The molecule has 0 saturated carbocycles. The van der Waals surface area contributed by atoms with Gasteiger partial charge in [-0.05, 0) is 32.1 Å². The monoisotopic (exact) mass is 232 g/mol. The van der Waals surface area contributed by atoms with E-state index < -0.39 is 0 Å². The van der Waals surface area contributed by atoms with Crippen molar-refractivity contribution in [2.45, 2.75) is 6.42 Å². The number of furan rings is 1. The van der Waals surface area contributed by atoms with Gasteiger partial charge in [-0.3, -0.25) is 4.79 Å². The molecule has 0 aliphatic rings. The highest BCUT2D eigenvalue weighted by Crippen LogP contribution is 2.18. The highest BCUT2D eigenvalue weighted by Gasteiger charge is 2.10. The van der Waals surface area contributed by atoms with Crippen LogP contribution in [0.25, 0.3) is 11.0 Å². The van der Waals surface area contributed by atoms with Crippen LogP contribution in [0, 0.1) is 0 Å². The van der Waals surface area contributed by atoms with Gasteiger partial charge in [-0.15, -0.1) is 0 Å². The van der Waals surface area contributed by atoms with Gasteiger partial charge in [0.15, 0.2) is 5.76 Å². The van der Waals surface area contributed by atoms with Crippen molar-refractivity contribution in [1.82, 2.24) is 10.6 Å². The molecule has 2 aromatic rings. The number of hydrogen-bond donors (Lipinski definition) is 2. The Labute approximate surface area is 100.0 Å². The average molecular weight is 232 g/mol. The Morgan fingerprint density at radius 3 is 2.88 bits per heavy atom. The fraction of sp³-hybridized carbons (Fsp3) is 0.308. The van der Waals surface area contributed by atoms with Crippen LogP contribution in [-0.2, 0) is 0 Å². The predicted octanol–water partition coefficient (Wildman–Crippen LogP) is 1.77. The zero-order chi connectivity index (χ0) is 12.1. The van der Waals surface area contributed by atoms with Crippen molar-refractivity contribution in [1.29, 1.82) is 0 Å². The SMILES string of the molecule is CNCCCNC(=O)c1cc2ccccc2o1. The molecule has 1 aromatic carbocycles. The quantitative estimate of drug-likeness (QED) is 0.772. The van der Waals surface area contributed by atoms with Crippen LogP contribution in [0.1, 0.15) is 17.0 Å². The average Bonchev–Trinajstić information content (AvgIpc) is 2.78. The molecule has 0 atom stereocenters. The van der Waals surface area contributed by atoms with Gasteiger partial charge in [0.25, 0.3) is 5.91 Å². The lowest BCUT2D eigenvalue weighted by atomic mass is 10.2. The number of fused-ring (bicyclic) bond motifs is 1. The summed E-state index contributed by atoms with van der Waals surface area (Å²) in [6.45, 7) is 1.54. The zero-order valence-corrected chi connectivity index (χ0v) is 9.82. The topological polar surface area (TPSA) is 54.3 Å². The lowest BCUT2D eigenvalue weighted by Crippen LogP contribution is -2.26. The largest absolute Gasteiger partial charge is 0.451 e. The summed E-state index contributed by atoms with van der Waals surface area (Å²) in [5.74, 6) is 0.216. The lowest BCUT2D eigenvalue weighted by molar-refractivity contribution is 0.0928. The summed E-state index contributed by atoms with van der Waals surface area (Å²) in [4.78, 5) is 11.8. The van der Waals surface area contributed by atoms with Gasteiger partial charge >= 0.3 is 0 Å². The van der Waals surface area contributed by atoms with Crippen LogP contribution in [0.15, 0.2) is 34.7 Å². The maximum absolute atomic E-state index is 11.8. The van der Waals surface area contributed by atoms with Gasteiger partial charge in [0.1, 0.15) is 5.58 Å². The number of para-hydroxylation sites is 1. The van der Waals surface area contributed by atoms with Crippen molar-refractivity contribution in [3.8, 4) is 0 Å². The van der Waals surface area contributed by atoms with Gasteiger partial charge in [0.2, 0.25) is 0 Å². The summed E-state index contributed by atoms with van der Waals surface area (Å²) >= 11 is 0. The van der Waals surface area contributed by atoms with Crippen LogP contribution < -0.4 is 10.6 Å². The zero-order valence-electron chi connectivity index (χ0n) is 9.82. The third-order valence-electron chi connectivity index (χ3n) is 2.54. The smallest absolute Gasteiger partial charge is 0.287 e. The van der Waals surface area contributed by atoms with Gasteiger partial charge in [-0.1, -0.05) is 18.2 Å². The third-order valence-corrected chi connectivity index (χ3v) is 2.54. The molecule has 0 bridgehead atoms. The molecule has 0 aliphatic carbocycles. The summed E-state index contributed by atoms with van der Waals surface area (Å²) in [5.41, 5.74) is 0.743. The van der Waals surface area contributed by atoms with E-state index in [1.165, 1.54) is 0 Å². The van der Waals surface area contributed by atoms with Crippen LogP contribution in [0.4, 0.5) is 0 Å². The van der Waals surface area contributed by atoms with E-state index in [1.807, 2.05) is 31.3 Å². The Hall–Kier alpha value is -1.81. The predicted molar refractivity (Wildman–Crippen MR) is 67.1 cm³/mol. The van der Waals surface area contributed by atoms with Gasteiger partial charge < -0.3 is 15.1 Å². The van der Waals surface area contributed by atoms with E-state index in [0.717, 1.165) is 23.9 Å². The minimum absolute atomic E-state index is 0.155. The molecule has 4 heteroatoms. The molecule has 0 spiro atoms. The number of hydrogen-bond acceptors (Lipinski definition) is 3. The second-order valence-corrected chi connectivity index (χ2v) is 3.86. The highest BCUT2D eigenvalue weighted by molar-refractivity contribution is 5.95.